The molecule has 26 heavy (non-hydrogen) atoms. The minimum Gasteiger partial charge on any atom is -0.338 e. The molecule has 0 radical (unpaired) electrons. The van der Waals surface area contributed by atoms with Gasteiger partial charge in [0.1, 0.15) is 0 Å². The van der Waals surface area contributed by atoms with E-state index in [-0.39, 0.29) is 23.5 Å². The van der Waals surface area contributed by atoms with Crippen molar-refractivity contribution in [3.05, 3.63) is 71.8 Å². The summed E-state index contributed by atoms with van der Waals surface area (Å²) in [5.74, 6) is -0.166. The molecule has 2 aromatic rings. The van der Waals surface area contributed by atoms with Crippen molar-refractivity contribution in [1.29, 1.82) is 0 Å². The van der Waals surface area contributed by atoms with E-state index in [4.69, 9.17) is 0 Å². The fourth-order valence-corrected chi connectivity index (χ4v) is 5.40. The summed E-state index contributed by atoms with van der Waals surface area (Å²) in [6.45, 7) is 2.60. The molecule has 0 unspecified atom stereocenters. The van der Waals surface area contributed by atoms with Gasteiger partial charge in [-0.1, -0.05) is 67.6 Å². The van der Waals surface area contributed by atoms with Crippen LogP contribution in [0.2, 0.25) is 0 Å². The Morgan fingerprint density at radius 3 is 2.00 bits per heavy atom. The van der Waals surface area contributed by atoms with Crippen molar-refractivity contribution in [2.24, 2.45) is 0 Å². The van der Waals surface area contributed by atoms with Gasteiger partial charge in [0.2, 0.25) is 5.91 Å². The highest BCUT2D eigenvalue weighted by Crippen LogP contribution is 2.29. The van der Waals surface area contributed by atoms with Crippen molar-refractivity contribution in [2.75, 3.05) is 18.1 Å². The summed E-state index contributed by atoms with van der Waals surface area (Å²) >= 11 is 0. The lowest BCUT2D eigenvalue weighted by atomic mass is 9.89. The molecule has 1 heterocycles. The predicted octanol–water partition coefficient (Wildman–Crippen LogP) is 3.24. The van der Waals surface area contributed by atoms with Gasteiger partial charge in [-0.3, -0.25) is 4.79 Å². The zero-order valence-corrected chi connectivity index (χ0v) is 15.9. The highest BCUT2D eigenvalue weighted by Gasteiger charge is 2.37. The monoisotopic (exact) mass is 371 g/mol. The van der Waals surface area contributed by atoms with Crippen LogP contribution in [0.5, 0.6) is 0 Å². The lowest BCUT2D eigenvalue weighted by Crippen LogP contribution is -2.44. The largest absolute Gasteiger partial charge is 0.338 e. The first kappa shape index (κ1) is 18.6. The van der Waals surface area contributed by atoms with Gasteiger partial charge in [0.25, 0.3) is 0 Å². The number of benzene rings is 2. The van der Waals surface area contributed by atoms with Gasteiger partial charge in [-0.25, -0.2) is 8.42 Å². The van der Waals surface area contributed by atoms with Gasteiger partial charge in [-0.2, -0.15) is 0 Å². The number of hydrogen-bond donors (Lipinski definition) is 0. The Bertz CT molecular complexity index is 795. The summed E-state index contributed by atoms with van der Waals surface area (Å²) in [7, 11) is -3.04. The lowest BCUT2D eigenvalue weighted by molar-refractivity contribution is -0.133. The molecule has 4 nitrogen and oxygen atoms in total. The second-order valence-corrected chi connectivity index (χ2v) is 9.07. The summed E-state index contributed by atoms with van der Waals surface area (Å²) in [5.41, 5.74) is 1.87. The molecule has 3 rings (SSSR count). The fraction of sp³-hybridized carbons (Fsp3) is 0.381. The first-order chi connectivity index (χ1) is 12.5. The maximum Gasteiger partial charge on any atom is 0.234 e. The normalized spacial score (nSPS) is 18.8. The molecule has 138 valence electrons. The number of hydrogen-bond acceptors (Lipinski definition) is 3. The highest BCUT2D eigenvalue weighted by molar-refractivity contribution is 7.91. The van der Waals surface area contributed by atoms with E-state index in [9.17, 15) is 13.2 Å². The fourth-order valence-electron chi connectivity index (χ4n) is 3.67. The van der Waals surface area contributed by atoms with Crippen LogP contribution in [0, 0.1) is 0 Å². The standard InChI is InChI=1S/C21H25NO3S/c1-2-14-22(19-13-15-26(24,25)16-19)21(23)20(17-9-5-3-6-10-17)18-11-7-4-8-12-18/h3-12,19-20H,2,13-16H2,1H3/t19-/m0/s1. The Balaban J connectivity index is 1.97. The molecule has 1 aliphatic heterocycles. The van der Waals surface area contributed by atoms with Crippen molar-refractivity contribution < 1.29 is 13.2 Å². The molecule has 0 spiro atoms. The number of carbonyl (C=O) groups excluding carboxylic acids is 1. The van der Waals surface area contributed by atoms with E-state index in [1.807, 2.05) is 67.6 Å². The number of amides is 1. The van der Waals surface area contributed by atoms with Crippen molar-refractivity contribution in [3.8, 4) is 0 Å². The zero-order valence-electron chi connectivity index (χ0n) is 15.0. The first-order valence-corrected chi connectivity index (χ1v) is 10.9. The molecule has 5 heteroatoms. The van der Waals surface area contributed by atoms with Crippen LogP contribution in [0.1, 0.15) is 36.8 Å². The summed E-state index contributed by atoms with van der Waals surface area (Å²) < 4.78 is 23.9. The van der Waals surface area contributed by atoms with Gasteiger partial charge in [0.15, 0.2) is 9.84 Å². The minimum atomic E-state index is -3.04. The molecule has 1 amide bonds. The summed E-state index contributed by atoms with van der Waals surface area (Å²) in [4.78, 5) is 15.4. The molecule has 0 saturated carbocycles. The Labute approximate surface area is 155 Å². The zero-order chi connectivity index (χ0) is 18.6. The summed E-state index contributed by atoms with van der Waals surface area (Å²) in [6.07, 6.45) is 1.34. The third-order valence-electron chi connectivity index (χ3n) is 4.91. The van der Waals surface area contributed by atoms with Crippen molar-refractivity contribution in [3.63, 3.8) is 0 Å². The van der Waals surface area contributed by atoms with E-state index in [0.717, 1.165) is 17.5 Å². The summed E-state index contributed by atoms with van der Waals surface area (Å²) in [5, 5.41) is 0. The van der Waals surface area contributed by atoms with Crippen LogP contribution < -0.4 is 0 Å². The van der Waals surface area contributed by atoms with Crippen LogP contribution in [0.4, 0.5) is 0 Å². The third-order valence-corrected chi connectivity index (χ3v) is 6.66. The van der Waals surface area contributed by atoms with E-state index in [0.29, 0.717) is 13.0 Å². The van der Waals surface area contributed by atoms with Gasteiger partial charge >= 0.3 is 0 Å². The van der Waals surface area contributed by atoms with E-state index >= 15 is 0 Å². The Kier molecular flexibility index (Phi) is 5.77. The number of carbonyl (C=O) groups is 1. The molecule has 1 fully saturated rings. The van der Waals surface area contributed by atoms with Crippen LogP contribution in [0.3, 0.4) is 0 Å². The van der Waals surface area contributed by atoms with Crippen LogP contribution in [0.15, 0.2) is 60.7 Å². The van der Waals surface area contributed by atoms with Gasteiger partial charge in [-0.05, 0) is 24.0 Å². The molecule has 1 saturated heterocycles. The molecule has 1 aliphatic rings. The molecular formula is C21H25NO3S. The Hall–Kier alpha value is -2.14. The maximum atomic E-state index is 13.6. The van der Waals surface area contributed by atoms with Gasteiger partial charge < -0.3 is 4.90 Å². The van der Waals surface area contributed by atoms with Gasteiger partial charge in [0.05, 0.1) is 17.4 Å². The first-order valence-electron chi connectivity index (χ1n) is 9.12. The number of sulfone groups is 1. The third kappa shape index (κ3) is 4.15. The molecular weight excluding hydrogens is 346 g/mol. The van der Waals surface area contributed by atoms with E-state index < -0.39 is 15.8 Å². The van der Waals surface area contributed by atoms with Gasteiger partial charge in [-0.15, -0.1) is 0 Å². The van der Waals surface area contributed by atoms with Crippen LogP contribution in [-0.4, -0.2) is 43.3 Å². The van der Waals surface area contributed by atoms with Crippen LogP contribution in [0.25, 0.3) is 0 Å². The van der Waals surface area contributed by atoms with Crippen molar-refractivity contribution in [2.45, 2.75) is 31.7 Å². The molecule has 0 N–H and O–H groups in total. The highest BCUT2D eigenvalue weighted by atomic mass is 32.2. The van der Waals surface area contributed by atoms with Crippen LogP contribution >= 0.6 is 0 Å². The number of nitrogens with zero attached hydrogens (tertiary/aromatic N) is 1. The number of rotatable bonds is 6. The molecule has 1 atom stereocenters. The average Bonchev–Trinajstić information content (AvgIpc) is 3.01. The Morgan fingerprint density at radius 2 is 1.58 bits per heavy atom. The second kappa shape index (κ2) is 8.04. The predicted molar refractivity (Wildman–Crippen MR) is 104 cm³/mol. The molecule has 0 aromatic heterocycles. The lowest BCUT2D eigenvalue weighted by Gasteiger charge is -2.32. The second-order valence-electron chi connectivity index (χ2n) is 6.84. The average molecular weight is 372 g/mol. The van der Waals surface area contributed by atoms with Gasteiger partial charge in [0, 0.05) is 12.6 Å². The quantitative estimate of drug-likeness (QED) is 0.783. The molecule has 2 aromatic carbocycles. The molecule has 0 aliphatic carbocycles. The topological polar surface area (TPSA) is 54.5 Å². The van der Waals surface area contributed by atoms with E-state index in [1.54, 1.807) is 4.90 Å². The smallest absolute Gasteiger partial charge is 0.234 e. The molecule has 0 bridgehead atoms. The SMILES string of the molecule is CCCN(C(=O)C(c1ccccc1)c1ccccc1)[C@H]1CCS(=O)(=O)C1. The van der Waals surface area contributed by atoms with E-state index in [1.165, 1.54) is 0 Å². The van der Waals surface area contributed by atoms with Crippen molar-refractivity contribution >= 4 is 15.7 Å². The van der Waals surface area contributed by atoms with Crippen molar-refractivity contribution in [1.82, 2.24) is 4.90 Å². The maximum absolute atomic E-state index is 13.6. The Morgan fingerprint density at radius 1 is 1.04 bits per heavy atom. The summed E-state index contributed by atoms with van der Waals surface area (Å²) in [6, 6.07) is 19.2. The van der Waals surface area contributed by atoms with Crippen LogP contribution in [-0.2, 0) is 14.6 Å². The minimum absolute atomic E-state index is 0.00801. The van der Waals surface area contributed by atoms with E-state index in [2.05, 4.69) is 0 Å².